The van der Waals surface area contributed by atoms with Crippen LogP contribution in [0.1, 0.15) is 31.9 Å². The van der Waals surface area contributed by atoms with Gasteiger partial charge < -0.3 is 9.52 Å². The average molecular weight is 372 g/mol. The van der Waals surface area contributed by atoms with Gasteiger partial charge in [-0.3, -0.25) is 0 Å². The molecule has 2 aromatic rings. The summed E-state index contributed by atoms with van der Waals surface area (Å²) in [7, 11) is -3.77. The molecule has 2 N–H and O–H groups in total. The van der Waals surface area contributed by atoms with Gasteiger partial charge in [0.2, 0.25) is 10.0 Å². The van der Waals surface area contributed by atoms with Gasteiger partial charge in [-0.25, -0.2) is 13.1 Å². The van der Waals surface area contributed by atoms with E-state index in [1.54, 1.807) is 18.4 Å². The van der Waals surface area contributed by atoms with Crippen molar-refractivity contribution in [2.75, 3.05) is 6.61 Å². The summed E-state index contributed by atoms with van der Waals surface area (Å²) >= 11 is 5.80. The number of aliphatic hydroxyl groups excluding tert-OH is 1. The monoisotopic (exact) mass is 371 g/mol. The van der Waals surface area contributed by atoms with Crippen molar-refractivity contribution < 1.29 is 17.9 Å². The van der Waals surface area contributed by atoms with Crippen LogP contribution >= 0.6 is 11.6 Å². The number of nitrogens with one attached hydrogen (secondary N) is 1. The summed E-state index contributed by atoms with van der Waals surface area (Å²) in [6.45, 7) is 3.75. The maximum Gasteiger partial charge on any atom is 0.240 e. The van der Waals surface area contributed by atoms with Gasteiger partial charge >= 0.3 is 0 Å². The highest BCUT2D eigenvalue weighted by Gasteiger charge is 2.30. The van der Waals surface area contributed by atoms with Crippen molar-refractivity contribution in [3.05, 3.63) is 53.4 Å². The van der Waals surface area contributed by atoms with Gasteiger partial charge in [0, 0.05) is 10.9 Å². The fourth-order valence-corrected chi connectivity index (χ4v) is 4.01. The predicted molar refractivity (Wildman–Crippen MR) is 93.6 cm³/mol. The summed E-state index contributed by atoms with van der Waals surface area (Å²) in [5.41, 5.74) is 0. The molecule has 0 bridgehead atoms. The standard InChI is InChI=1S/C17H22ClNO4S/c1-12(2)10-15(17-4-3-9-23-17)16(11-20)19-24(21,22)14-7-5-13(18)6-8-14/h3-9,12,15-16,19-20H,10-11H2,1-2H3/t15-,16?/m1/s1. The molecule has 0 aliphatic heterocycles. The van der Waals surface area contributed by atoms with Gasteiger partial charge in [-0.1, -0.05) is 25.4 Å². The molecule has 2 atom stereocenters. The lowest BCUT2D eigenvalue weighted by atomic mass is 9.89. The summed E-state index contributed by atoms with van der Waals surface area (Å²) < 4.78 is 33.2. The molecule has 0 amide bonds. The minimum atomic E-state index is -3.77. The fraction of sp³-hybridized carbons (Fsp3) is 0.412. The maximum atomic E-state index is 12.6. The van der Waals surface area contributed by atoms with Gasteiger partial charge in [0.15, 0.2) is 0 Å². The third-order valence-corrected chi connectivity index (χ3v) is 5.50. The highest BCUT2D eigenvalue weighted by atomic mass is 35.5. The van der Waals surface area contributed by atoms with Gasteiger partial charge in [0.25, 0.3) is 0 Å². The molecule has 0 spiro atoms. The molecular formula is C17H22ClNO4S. The van der Waals surface area contributed by atoms with E-state index < -0.39 is 16.1 Å². The van der Waals surface area contributed by atoms with Crippen molar-refractivity contribution in [1.82, 2.24) is 4.72 Å². The predicted octanol–water partition coefficient (Wildman–Crippen LogP) is 3.40. The molecule has 1 aromatic heterocycles. The number of sulfonamides is 1. The molecular weight excluding hydrogens is 350 g/mol. The van der Waals surface area contributed by atoms with Crippen molar-refractivity contribution in [2.24, 2.45) is 5.92 Å². The average Bonchev–Trinajstić information content (AvgIpc) is 3.05. The van der Waals surface area contributed by atoms with Crippen LogP contribution < -0.4 is 4.72 Å². The van der Waals surface area contributed by atoms with Crippen LogP contribution in [0.25, 0.3) is 0 Å². The summed E-state index contributed by atoms with van der Waals surface area (Å²) in [5.74, 6) is 0.711. The Morgan fingerprint density at radius 2 is 1.88 bits per heavy atom. The van der Waals surface area contributed by atoms with Crippen LogP contribution in [0.5, 0.6) is 0 Å². The Labute approximate surface area is 147 Å². The Kier molecular flexibility index (Phi) is 6.46. The molecule has 24 heavy (non-hydrogen) atoms. The lowest BCUT2D eigenvalue weighted by molar-refractivity contribution is 0.218. The fourth-order valence-electron chi connectivity index (χ4n) is 2.62. The highest BCUT2D eigenvalue weighted by Crippen LogP contribution is 2.28. The second kappa shape index (κ2) is 8.16. The molecule has 0 aliphatic rings. The summed E-state index contributed by atoms with van der Waals surface area (Å²) in [6, 6.07) is 8.77. The molecule has 0 saturated carbocycles. The number of benzene rings is 1. The first-order chi connectivity index (χ1) is 11.3. The lowest BCUT2D eigenvalue weighted by Gasteiger charge is -2.26. The van der Waals surface area contributed by atoms with E-state index in [4.69, 9.17) is 16.0 Å². The molecule has 1 aromatic carbocycles. The molecule has 0 radical (unpaired) electrons. The third-order valence-electron chi connectivity index (χ3n) is 3.75. The molecule has 7 heteroatoms. The minimum Gasteiger partial charge on any atom is -0.469 e. The first kappa shape index (κ1) is 19.0. The van der Waals surface area contributed by atoms with E-state index in [-0.39, 0.29) is 17.4 Å². The van der Waals surface area contributed by atoms with Gasteiger partial charge in [0.1, 0.15) is 5.76 Å². The normalized spacial score (nSPS) is 14.7. The number of aliphatic hydroxyl groups is 1. The largest absolute Gasteiger partial charge is 0.469 e. The zero-order valence-corrected chi connectivity index (χ0v) is 15.2. The second-order valence-electron chi connectivity index (χ2n) is 6.12. The van der Waals surface area contributed by atoms with Crippen molar-refractivity contribution in [2.45, 2.75) is 37.1 Å². The van der Waals surface area contributed by atoms with Gasteiger partial charge in [-0.2, -0.15) is 0 Å². The van der Waals surface area contributed by atoms with Crippen LogP contribution in [0, 0.1) is 5.92 Å². The first-order valence-corrected chi connectivity index (χ1v) is 9.61. The molecule has 0 aliphatic carbocycles. The molecule has 0 saturated heterocycles. The Hall–Kier alpha value is -1.34. The van der Waals surface area contributed by atoms with Crippen molar-refractivity contribution >= 4 is 21.6 Å². The zero-order valence-electron chi connectivity index (χ0n) is 13.6. The van der Waals surface area contributed by atoms with Crippen molar-refractivity contribution in [1.29, 1.82) is 0 Å². The van der Waals surface area contributed by atoms with Crippen LogP contribution in [0.2, 0.25) is 5.02 Å². The number of hydrogen-bond acceptors (Lipinski definition) is 4. The van der Waals surface area contributed by atoms with Crippen LogP contribution in [-0.2, 0) is 10.0 Å². The Balaban J connectivity index is 2.26. The lowest BCUT2D eigenvalue weighted by Crippen LogP contribution is -2.42. The summed E-state index contributed by atoms with van der Waals surface area (Å²) in [4.78, 5) is 0.105. The van der Waals surface area contributed by atoms with Crippen LogP contribution in [-0.4, -0.2) is 26.2 Å². The maximum absolute atomic E-state index is 12.6. The Morgan fingerprint density at radius 3 is 2.38 bits per heavy atom. The number of furan rings is 1. The van der Waals surface area contributed by atoms with Gasteiger partial charge in [0.05, 0.1) is 23.8 Å². The number of hydrogen-bond donors (Lipinski definition) is 2. The van der Waals surface area contributed by atoms with E-state index in [1.807, 2.05) is 13.8 Å². The quantitative estimate of drug-likeness (QED) is 0.745. The topological polar surface area (TPSA) is 79.5 Å². The molecule has 0 fully saturated rings. The molecule has 132 valence electrons. The smallest absolute Gasteiger partial charge is 0.240 e. The van der Waals surface area contributed by atoms with E-state index in [2.05, 4.69) is 4.72 Å². The highest BCUT2D eigenvalue weighted by molar-refractivity contribution is 7.89. The van der Waals surface area contributed by atoms with Gasteiger partial charge in [-0.15, -0.1) is 0 Å². The van der Waals surface area contributed by atoms with Crippen LogP contribution in [0.15, 0.2) is 52.0 Å². The molecule has 1 unspecified atom stereocenters. The van der Waals surface area contributed by atoms with Crippen molar-refractivity contribution in [3.63, 3.8) is 0 Å². The van der Waals surface area contributed by atoms with Crippen LogP contribution in [0.3, 0.4) is 0 Å². The van der Waals surface area contributed by atoms with Gasteiger partial charge in [-0.05, 0) is 48.7 Å². The third kappa shape index (κ3) is 4.83. The number of rotatable bonds is 8. The van der Waals surface area contributed by atoms with E-state index >= 15 is 0 Å². The SMILES string of the molecule is CC(C)C[C@@H](c1ccco1)C(CO)NS(=O)(=O)c1ccc(Cl)cc1. The Morgan fingerprint density at radius 1 is 1.21 bits per heavy atom. The van der Waals surface area contributed by atoms with Crippen molar-refractivity contribution in [3.8, 4) is 0 Å². The van der Waals surface area contributed by atoms with E-state index in [1.165, 1.54) is 24.3 Å². The van der Waals surface area contributed by atoms with Crippen LogP contribution in [0.4, 0.5) is 0 Å². The Bertz CT molecular complexity index is 726. The summed E-state index contributed by atoms with van der Waals surface area (Å²) in [5, 5.41) is 10.2. The first-order valence-electron chi connectivity index (χ1n) is 7.75. The van der Waals surface area contributed by atoms with E-state index in [0.717, 1.165) is 0 Å². The summed E-state index contributed by atoms with van der Waals surface area (Å²) in [6.07, 6.45) is 2.23. The minimum absolute atomic E-state index is 0.105. The molecule has 5 nitrogen and oxygen atoms in total. The zero-order chi connectivity index (χ0) is 17.7. The second-order valence-corrected chi connectivity index (χ2v) is 8.27. The molecule has 2 rings (SSSR count). The van der Waals surface area contributed by atoms with E-state index in [9.17, 15) is 13.5 Å². The van der Waals surface area contributed by atoms with E-state index in [0.29, 0.717) is 23.1 Å². The number of halogens is 1. The molecule has 1 heterocycles.